The molecule has 4 nitrogen and oxygen atoms in total. The highest BCUT2D eigenvalue weighted by atomic mass is 16.2. The molecular weight excluding hydrogens is 242 g/mol. The number of likely N-dealkylation sites (tertiary alicyclic amines) is 1. The van der Waals surface area contributed by atoms with Gasteiger partial charge in [-0.3, -0.25) is 19.3 Å². The number of benzene rings is 1. The molecule has 2 amide bonds. The van der Waals surface area contributed by atoms with E-state index in [2.05, 4.69) is 0 Å². The number of imide groups is 1. The van der Waals surface area contributed by atoms with Crippen molar-refractivity contribution in [1.82, 2.24) is 4.90 Å². The van der Waals surface area contributed by atoms with Crippen molar-refractivity contribution in [3.05, 3.63) is 35.9 Å². The Morgan fingerprint density at radius 1 is 1.21 bits per heavy atom. The Balaban J connectivity index is 2.00. The molecule has 1 aliphatic heterocycles. The van der Waals surface area contributed by atoms with Crippen LogP contribution in [0.3, 0.4) is 0 Å². The number of amides is 2. The maximum absolute atomic E-state index is 12.0. The molecule has 1 heterocycles. The summed E-state index contributed by atoms with van der Waals surface area (Å²) in [5.41, 5.74) is 0.218. The summed E-state index contributed by atoms with van der Waals surface area (Å²) in [5.74, 6) is -0.624. The topological polar surface area (TPSA) is 54.5 Å². The number of nitrogens with zero attached hydrogens (tertiary/aromatic N) is 1. The van der Waals surface area contributed by atoms with Crippen molar-refractivity contribution < 1.29 is 14.4 Å². The third-order valence-corrected chi connectivity index (χ3v) is 3.30. The molecule has 0 spiro atoms. The van der Waals surface area contributed by atoms with Gasteiger partial charge in [0.2, 0.25) is 11.8 Å². The smallest absolute Gasteiger partial charge is 0.235 e. The predicted octanol–water partition coefficient (Wildman–Crippen LogP) is 1.58. The third kappa shape index (κ3) is 2.89. The van der Waals surface area contributed by atoms with Crippen LogP contribution in [0.15, 0.2) is 30.3 Å². The van der Waals surface area contributed by atoms with Crippen molar-refractivity contribution in [3.8, 4) is 0 Å². The molecule has 1 aromatic carbocycles. The van der Waals surface area contributed by atoms with Gasteiger partial charge in [-0.25, -0.2) is 0 Å². The van der Waals surface area contributed by atoms with Gasteiger partial charge >= 0.3 is 0 Å². The lowest BCUT2D eigenvalue weighted by Crippen LogP contribution is -2.37. The van der Waals surface area contributed by atoms with Crippen LogP contribution in [0.2, 0.25) is 0 Å². The molecule has 0 bridgehead atoms. The molecular formula is C15H17NO3. The molecule has 0 saturated carbocycles. The Bertz CT molecular complexity index is 519. The van der Waals surface area contributed by atoms with E-state index in [1.54, 1.807) is 13.8 Å². The first-order chi connectivity index (χ1) is 8.90. The summed E-state index contributed by atoms with van der Waals surface area (Å²) in [6, 6.07) is 9.31. The molecule has 1 aromatic rings. The molecule has 1 fully saturated rings. The first kappa shape index (κ1) is 13.5. The van der Waals surface area contributed by atoms with Crippen molar-refractivity contribution in [2.45, 2.75) is 26.7 Å². The summed E-state index contributed by atoms with van der Waals surface area (Å²) < 4.78 is 0. The predicted molar refractivity (Wildman–Crippen MR) is 70.3 cm³/mol. The monoisotopic (exact) mass is 259 g/mol. The van der Waals surface area contributed by atoms with Crippen LogP contribution in [0.5, 0.6) is 0 Å². The first-order valence-electron chi connectivity index (χ1n) is 6.30. The van der Waals surface area contributed by atoms with E-state index in [-0.39, 0.29) is 37.0 Å². The molecule has 19 heavy (non-hydrogen) atoms. The summed E-state index contributed by atoms with van der Waals surface area (Å²) in [4.78, 5) is 36.7. The van der Waals surface area contributed by atoms with Gasteiger partial charge < -0.3 is 0 Å². The highest BCUT2D eigenvalue weighted by Gasteiger charge is 2.45. The van der Waals surface area contributed by atoms with Gasteiger partial charge in [-0.15, -0.1) is 0 Å². The fourth-order valence-electron chi connectivity index (χ4n) is 2.24. The third-order valence-electron chi connectivity index (χ3n) is 3.30. The number of Topliss-reactive ketones (excluding diaryl/α,β-unsaturated/α-hetero) is 1. The van der Waals surface area contributed by atoms with Crippen LogP contribution in [-0.4, -0.2) is 29.0 Å². The van der Waals surface area contributed by atoms with Gasteiger partial charge in [-0.1, -0.05) is 44.2 Å². The van der Waals surface area contributed by atoms with Crippen LogP contribution >= 0.6 is 0 Å². The Kier molecular flexibility index (Phi) is 3.51. The maximum Gasteiger partial charge on any atom is 0.235 e. The lowest BCUT2D eigenvalue weighted by Gasteiger charge is -2.16. The van der Waals surface area contributed by atoms with Crippen LogP contribution in [0.1, 0.15) is 25.8 Å². The summed E-state index contributed by atoms with van der Waals surface area (Å²) in [6.45, 7) is 3.35. The minimum atomic E-state index is -0.676. The fourth-order valence-corrected chi connectivity index (χ4v) is 2.24. The van der Waals surface area contributed by atoms with Crippen molar-refractivity contribution in [2.75, 3.05) is 6.54 Å². The van der Waals surface area contributed by atoms with Crippen molar-refractivity contribution >= 4 is 17.6 Å². The van der Waals surface area contributed by atoms with Crippen LogP contribution in [0.4, 0.5) is 0 Å². The second kappa shape index (κ2) is 4.96. The number of ketones is 1. The van der Waals surface area contributed by atoms with Gasteiger partial charge in [0.1, 0.15) is 0 Å². The highest BCUT2D eigenvalue weighted by molar-refractivity contribution is 6.07. The van der Waals surface area contributed by atoms with E-state index in [4.69, 9.17) is 0 Å². The molecule has 1 aliphatic rings. The number of carbonyl (C=O) groups is 3. The standard InChI is InChI=1S/C15H17NO3/c1-15(2)9-13(18)16(14(15)19)10-12(17)8-11-6-4-3-5-7-11/h3-7H,8-10H2,1-2H3. The zero-order chi connectivity index (χ0) is 14.0. The van der Waals surface area contributed by atoms with E-state index in [1.807, 2.05) is 30.3 Å². The lowest BCUT2D eigenvalue weighted by atomic mass is 9.92. The van der Waals surface area contributed by atoms with Crippen LogP contribution in [0.25, 0.3) is 0 Å². The molecule has 0 radical (unpaired) electrons. The molecule has 0 unspecified atom stereocenters. The van der Waals surface area contributed by atoms with Gasteiger partial charge in [-0.05, 0) is 5.56 Å². The Morgan fingerprint density at radius 3 is 2.37 bits per heavy atom. The van der Waals surface area contributed by atoms with Crippen LogP contribution in [-0.2, 0) is 20.8 Å². The van der Waals surface area contributed by atoms with Crippen molar-refractivity contribution in [1.29, 1.82) is 0 Å². The Morgan fingerprint density at radius 2 is 1.84 bits per heavy atom. The second-order valence-electron chi connectivity index (χ2n) is 5.55. The van der Waals surface area contributed by atoms with E-state index in [1.165, 1.54) is 0 Å². The number of rotatable bonds is 4. The summed E-state index contributed by atoms with van der Waals surface area (Å²) in [7, 11) is 0. The van der Waals surface area contributed by atoms with Gasteiger partial charge in [0.05, 0.1) is 12.0 Å². The summed E-state index contributed by atoms with van der Waals surface area (Å²) in [5, 5.41) is 0. The average molecular weight is 259 g/mol. The number of hydrogen-bond donors (Lipinski definition) is 0. The molecule has 0 aromatic heterocycles. The first-order valence-corrected chi connectivity index (χ1v) is 6.30. The molecule has 1 saturated heterocycles. The molecule has 0 atom stereocenters. The molecule has 0 N–H and O–H groups in total. The minimum absolute atomic E-state index is 0.115. The Hall–Kier alpha value is -1.97. The minimum Gasteiger partial charge on any atom is -0.297 e. The van der Waals surface area contributed by atoms with E-state index in [9.17, 15) is 14.4 Å². The largest absolute Gasteiger partial charge is 0.297 e. The summed E-state index contributed by atoms with van der Waals surface area (Å²) in [6.07, 6.45) is 0.433. The van der Waals surface area contributed by atoms with E-state index in [0.717, 1.165) is 10.5 Å². The van der Waals surface area contributed by atoms with Gasteiger partial charge in [0.15, 0.2) is 5.78 Å². The van der Waals surface area contributed by atoms with Gasteiger partial charge in [-0.2, -0.15) is 0 Å². The lowest BCUT2D eigenvalue weighted by molar-refractivity contribution is -0.143. The molecule has 2 rings (SSSR count). The Labute approximate surface area is 112 Å². The highest BCUT2D eigenvalue weighted by Crippen LogP contribution is 2.31. The average Bonchev–Trinajstić information content (AvgIpc) is 2.53. The van der Waals surface area contributed by atoms with E-state index in [0.29, 0.717) is 0 Å². The zero-order valence-corrected chi connectivity index (χ0v) is 11.2. The maximum atomic E-state index is 12.0. The number of carbonyl (C=O) groups excluding carboxylic acids is 3. The van der Waals surface area contributed by atoms with Crippen LogP contribution < -0.4 is 0 Å². The van der Waals surface area contributed by atoms with Crippen molar-refractivity contribution in [2.24, 2.45) is 5.41 Å². The normalized spacial score (nSPS) is 17.9. The molecule has 100 valence electrons. The van der Waals surface area contributed by atoms with E-state index < -0.39 is 5.41 Å². The quantitative estimate of drug-likeness (QED) is 0.771. The SMILES string of the molecule is CC1(C)CC(=O)N(CC(=O)Cc2ccccc2)C1=O. The number of hydrogen-bond acceptors (Lipinski definition) is 3. The van der Waals surface area contributed by atoms with Crippen molar-refractivity contribution in [3.63, 3.8) is 0 Å². The zero-order valence-electron chi connectivity index (χ0n) is 11.2. The summed E-state index contributed by atoms with van der Waals surface area (Å²) >= 11 is 0. The fraction of sp³-hybridized carbons (Fsp3) is 0.400. The van der Waals surface area contributed by atoms with Gasteiger partial charge in [0.25, 0.3) is 0 Å². The van der Waals surface area contributed by atoms with E-state index >= 15 is 0 Å². The molecule has 4 heteroatoms. The van der Waals surface area contributed by atoms with Crippen LogP contribution in [0, 0.1) is 5.41 Å². The van der Waals surface area contributed by atoms with Gasteiger partial charge in [0, 0.05) is 12.8 Å². The molecule has 0 aliphatic carbocycles. The second-order valence-corrected chi connectivity index (χ2v) is 5.55.